The minimum absolute atomic E-state index is 0.0692. The maximum Gasteiger partial charge on any atom is 0.134 e. The van der Waals surface area contributed by atoms with Crippen LogP contribution in [0.5, 0.6) is 5.75 Å². The Bertz CT molecular complexity index is 469. The highest BCUT2D eigenvalue weighted by Gasteiger charge is 2.18. The zero-order valence-corrected chi connectivity index (χ0v) is 11.0. The molecule has 0 unspecified atom stereocenters. The van der Waals surface area contributed by atoms with Crippen LogP contribution in [-0.2, 0) is 16.1 Å². The van der Waals surface area contributed by atoms with E-state index in [0.29, 0.717) is 26.2 Å². The molecule has 1 aromatic rings. The van der Waals surface area contributed by atoms with E-state index in [1.165, 1.54) is 0 Å². The fourth-order valence-corrected chi connectivity index (χ4v) is 1.68. The number of ether oxygens (including phenoxy) is 3. The molecule has 4 nitrogen and oxygen atoms in total. The molecular weight excluding hydrogens is 244 g/mol. The lowest BCUT2D eigenvalue weighted by atomic mass is 10.1. The van der Waals surface area contributed by atoms with Gasteiger partial charge in [-0.2, -0.15) is 0 Å². The summed E-state index contributed by atoms with van der Waals surface area (Å²) in [7, 11) is 1.62. The quantitative estimate of drug-likeness (QED) is 0.814. The molecule has 1 fully saturated rings. The third kappa shape index (κ3) is 3.97. The predicted octanol–water partition coefficient (Wildman–Crippen LogP) is 1.34. The highest BCUT2D eigenvalue weighted by Crippen LogP contribution is 2.20. The first-order chi connectivity index (χ1) is 9.33. The fraction of sp³-hybridized carbons (Fsp3) is 0.467. The van der Waals surface area contributed by atoms with Gasteiger partial charge in [0.2, 0.25) is 0 Å². The Kier molecular flexibility index (Phi) is 5.22. The number of rotatable bonds is 5. The lowest BCUT2D eigenvalue weighted by Gasteiger charge is -2.26. The first kappa shape index (κ1) is 13.9. The van der Waals surface area contributed by atoms with Gasteiger partial charge < -0.3 is 19.3 Å². The van der Waals surface area contributed by atoms with E-state index >= 15 is 0 Å². The van der Waals surface area contributed by atoms with Crippen LogP contribution in [0.4, 0.5) is 0 Å². The molecule has 0 aliphatic carbocycles. The van der Waals surface area contributed by atoms with E-state index in [0.717, 1.165) is 16.9 Å². The van der Waals surface area contributed by atoms with Gasteiger partial charge >= 0.3 is 0 Å². The van der Waals surface area contributed by atoms with Crippen molar-refractivity contribution in [1.82, 2.24) is 0 Å². The molecule has 2 rings (SSSR count). The van der Waals surface area contributed by atoms with Crippen LogP contribution in [0.15, 0.2) is 18.2 Å². The molecule has 0 aromatic heterocycles. The van der Waals surface area contributed by atoms with Gasteiger partial charge in [0.15, 0.2) is 0 Å². The monoisotopic (exact) mass is 262 g/mol. The van der Waals surface area contributed by atoms with Crippen LogP contribution in [0.1, 0.15) is 17.5 Å². The Morgan fingerprint density at radius 2 is 2.26 bits per heavy atom. The van der Waals surface area contributed by atoms with E-state index in [-0.39, 0.29) is 12.7 Å². The van der Waals surface area contributed by atoms with Crippen molar-refractivity contribution in [2.45, 2.75) is 19.1 Å². The molecule has 1 saturated heterocycles. The topological polar surface area (TPSA) is 47.9 Å². The third-order valence-corrected chi connectivity index (χ3v) is 2.82. The van der Waals surface area contributed by atoms with Gasteiger partial charge in [-0.1, -0.05) is 17.9 Å². The summed E-state index contributed by atoms with van der Waals surface area (Å²) in [4.78, 5) is 0. The zero-order chi connectivity index (χ0) is 13.5. The van der Waals surface area contributed by atoms with Crippen molar-refractivity contribution in [3.05, 3.63) is 29.3 Å². The molecule has 1 N–H and O–H groups in total. The van der Waals surface area contributed by atoms with Crippen molar-refractivity contribution >= 4 is 0 Å². The van der Waals surface area contributed by atoms with Crippen LogP contribution in [0.3, 0.4) is 0 Å². The standard InChI is InChI=1S/C15H18O4/c1-17-15-6-5-12(9-19-14-10-18-11-14)8-13(15)4-2-3-7-16/h5-6,8,14,16H,3,7,9-11H2,1H3. The maximum absolute atomic E-state index is 8.74. The molecule has 0 amide bonds. The molecule has 0 bridgehead atoms. The van der Waals surface area contributed by atoms with Crippen LogP contribution in [-0.4, -0.2) is 38.1 Å². The summed E-state index contributed by atoms with van der Waals surface area (Å²) >= 11 is 0. The van der Waals surface area contributed by atoms with E-state index in [4.69, 9.17) is 19.3 Å². The summed E-state index contributed by atoms with van der Waals surface area (Å²) in [6.45, 7) is 1.98. The van der Waals surface area contributed by atoms with Crippen molar-refractivity contribution in [3.63, 3.8) is 0 Å². The summed E-state index contributed by atoms with van der Waals surface area (Å²) in [6, 6.07) is 5.82. The van der Waals surface area contributed by atoms with Gasteiger partial charge in [0.1, 0.15) is 11.9 Å². The Morgan fingerprint density at radius 1 is 1.42 bits per heavy atom. The van der Waals surface area contributed by atoms with E-state index in [2.05, 4.69) is 11.8 Å². The normalized spacial score (nSPS) is 14.4. The van der Waals surface area contributed by atoms with Crippen LogP contribution >= 0.6 is 0 Å². The Labute approximate surface area is 113 Å². The number of methoxy groups -OCH3 is 1. The van der Waals surface area contributed by atoms with Gasteiger partial charge in [0, 0.05) is 6.42 Å². The Morgan fingerprint density at radius 3 is 2.89 bits per heavy atom. The van der Waals surface area contributed by atoms with E-state index in [1.807, 2.05) is 18.2 Å². The summed E-state index contributed by atoms with van der Waals surface area (Å²) in [5.74, 6) is 6.64. The molecular formula is C15H18O4. The van der Waals surface area contributed by atoms with Gasteiger partial charge in [0.05, 0.1) is 39.1 Å². The molecule has 0 atom stereocenters. The Hall–Kier alpha value is -1.54. The third-order valence-electron chi connectivity index (χ3n) is 2.82. The Balaban J connectivity index is 2.03. The lowest BCUT2D eigenvalue weighted by molar-refractivity contribution is -0.135. The van der Waals surface area contributed by atoms with Gasteiger partial charge in [-0.05, 0) is 17.7 Å². The maximum atomic E-state index is 8.74. The van der Waals surface area contributed by atoms with Crippen LogP contribution in [0.2, 0.25) is 0 Å². The van der Waals surface area contributed by atoms with Gasteiger partial charge in [-0.25, -0.2) is 0 Å². The van der Waals surface area contributed by atoms with E-state index in [1.54, 1.807) is 7.11 Å². The zero-order valence-electron chi connectivity index (χ0n) is 11.0. The van der Waals surface area contributed by atoms with Crippen LogP contribution in [0, 0.1) is 11.8 Å². The van der Waals surface area contributed by atoms with Crippen molar-refractivity contribution in [2.75, 3.05) is 26.9 Å². The van der Waals surface area contributed by atoms with Crippen molar-refractivity contribution in [2.24, 2.45) is 0 Å². The molecule has 19 heavy (non-hydrogen) atoms. The highest BCUT2D eigenvalue weighted by molar-refractivity contribution is 5.48. The number of hydrogen-bond acceptors (Lipinski definition) is 4. The molecule has 0 spiro atoms. The summed E-state index contributed by atoms with van der Waals surface area (Å²) in [6.07, 6.45) is 0.676. The largest absolute Gasteiger partial charge is 0.495 e. The van der Waals surface area contributed by atoms with Crippen molar-refractivity contribution < 1.29 is 19.3 Å². The summed E-state index contributed by atoms with van der Waals surface area (Å²) < 4.78 is 16.0. The van der Waals surface area contributed by atoms with Crippen molar-refractivity contribution in [3.8, 4) is 17.6 Å². The van der Waals surface area contributed by atoms with Crippen molar-refractivity contribution in [1.29, 1.82) is 0 Å². The second-order valence-electron chi connectivity index (χ2n) is 4.28. The summed E-state index contributed by atoms with van der Waals surface area (Å²) in [5.41, 5.74) is 1.88. The number of benzene rings is 1. The van der Waals surface area contributed by atoms with Crippen LogP contribution in [0.25, 0.3) is 0 Å². The average molecular weight is 262 g/mol. The second-order valence-corrected chi connectivity index (χ2v) is 4.28. The molecule has 1 heterocycles. The lowest BCUT2D eigenvalue weighted by Crippen LogP contribution is -2.35. The first-order valence-corrected chi connectivity index (χ1v) is 6.29. The van der Waals surface area contributed by atoms with Gasteiger partial charge in [-0.3, -0.25) is 0 Å². The number of aliphatic hydroxyl groups excluding tert-OH is 1. The molecule has 0 radical (unpaired) electrons. The number of hydrogen-bond donors (Lipinski definition) is 1. The van der Waals surface area contributed by atoms with Gasteiger partial charge in [0.25, 0.3) is 0 Å². The highest BCUT2D eigenvalue weighted by atomic mass is 16.6. The minimum atomic E-state index is 0.0692. The van der Waals surface area contributed by atoms with Gasteiger partial charge in [-0.15, -0.1) is 0 Å². The molecule has 4 heteroatoms. The minimum Gasteiger partial charge on any atom is -0.495 e. The molecule has 102 valence electrons. The summed E-state index contributed by atoms with van der Waals surface area (Å²) in [5, 5.41) is 8.74. The molecule has 1 aliphatic heterocycles. The molecule has 1 aromatic carbocycles. The average Bonchev–Trinajstić information content (AvgIpc) is 2.37. The smallest absolute Gasteiger partial charge is 0.134 e. The molecule has 0 saturated carbocycles. The number of aliphatic hydroxyl groups is 1. The SMILES string of the molecule is COc1ccc(COC2COC2)cc1C#CCCO. The molecule has 1 aliphatic rings. The first-order valence-electron chi connectivity index (χ1n) is 6.29. The van der Waals surface area contributed by atoms with E-state index in [9.17, 15) is 0 Å². The fourth-order valence-electron chi connectivity index (χ4n) is 1.68. The van der Waals surface area contributed by atoms with E-state index < -0.39 is 0 Å². The van der Waals surface area contributed by atoms with Crippen LogP contribution < -0.4 is 4.74 Å². The predicted molar refractivity (Wildman–Crippen MR) is 71.0 cm³/mol. The second kappa shape index (κ2) is 7.15.